The van der Waals surface area contributed by atoms with E-state index in [0.717, 1.165) is 12.1 Å². The van der Waals surface area contributed by atoms with Gasteiger partial charge in [-0.25, -0.2) is 9.18 Å². The lowest BCUT2D eigenvalue weighted by atomic mass is 10.0. The van der Waals surface area contributed by atoms with E-state index >= 15 is 0 Å². The smallest absolute Gasteiger partial charge is 0.341 e. The predicted molar refractivity (Wildman–Crippen MR) is 53.0 cm³/mol. The molecule has 1 aromatic carbocycles. The molecule has 0 aliphatic carbocycles. The number of aliphatic hydroxyl groups excluding tert-OH is 1. The first kappa shape index (κ1) is 12.1. The molecular weight excluding hydrogens is 213 g/mol. The summed E-state index contributed by atoms with van der Waals surface area (Å²) in [4.78, 5) is 11.3. The molecule has 0 saturated carbocycles. The van der Waals surface area contributed by atoms with Gasteiger partial charge in [0.25, 0.3) is 0 Å². The van der Waals surface area contributed by atoms with Gasteiger partial charge in [-0.1, -0.05) is 0 Å². The third kappa shape index (κ3) is 2.35. The monoisotopic (exact) mass is 223 g/mol. The minimum absolute atomic E-state index is 0.00745. The van der Waals surface area contributed by atoms with Crippen LogP contribution in [0.4, 0.5) is 4.39 Å². The van der Waals surface area contributed by atoms with Gasteiger partial charge in [0.1, 0.15) is 5.82 Å². The highest BCUT2D eigenvalue weighted by molar-refractivity contribution is 5.90. The maximum Gasteiger partial charge on any atom is 0.341 e. The van der Waals surface area contributed by atoms with Crippen molar-refractivity contribution in [3.63, 3.8) is 0 Å². The summed E-state index contributed by atoms with van der Waals surface area (Å²) in [6.07, 6.45) is 0. The predicted octanol–water partition coefficient (Wildman–Crippen LogP) is 1.37. The molecule has 0 aliphatic heterocycles. The second kappa shape index (κ2) is 5.24. The van der Waals surface area contributed by atoms with Crippen LogP contribution in [-0.4, -0.2) is 17.7 Å². The topological polar surface area (TPSA) is 70.3 Å². The van der Waals surface area contributed by atoms with E-state index in [-0.39, 0.29) is 23.3 Å². The first-order valence-corrected chi connectivity index (χ1v) is 4.64. The maximum absolute atomic E-state index is 13.4. The Balaban J connectivity index is 3.22. The summed E-state index contributed by atoms with van der Waals surface area (Å²) >= 11 is 0. The number of esters is 1. The normalized spacial score (nSPS) is 9.62. The van der Waals surface area contributed by atoms with Gasteiger partial charge in [0.15, 0.2) is 0 Å². The molecule has 0 fully saturated rings. The highest BCUT2D eigenvalue weighted by Crippen LogP contribution is 2.16. The first-order valence-electron chi connectivity index (χ1n) is 4.64. The number of carbonyl (C=O) groups excluding carboxylic acids is 1. The van der Waals surface area contributed by atoms with Gasteiger partial charge in [-0.3, -0.25) is 0 Å². The fourth-order valence-corrected chi connectivity index (χ4v) is 1.22. The Kier molecular flexibility index (Phi) is 3.97. The second-order valence-electron chi connectivity index (χ2n) is 2.98. The fraction of sp³-hybridized carbons (Fsp3) is 0.273. The Bertz CT molecular complexity index is 451. The molecule has 16 heavy (non-hydrogen) atoms. The molecule has 1 N–H and O–H groups in total. The molecule has 0 radical (unpaired) electrons. The van der Waals surface area contributed by atoms with Crippen molar-refractivity contribution in [2.45, 2.75) is 13.5 Å². The van der Waals surface area contributed by atoms with Crippen LogP contribution in [0, 0.1) is 17.1 Å². The Hall–Kier alpha value is -1.93. The summed E-state index contributed by atoms with van der Waals surface area (Å²) < 4.78 is 18.0. The summed E-state index contributed by atoms with van der Waals surface area (Å²) in [7, 11) is 0. The van der Waals surface area contributed by atoms with Crippen molar-refractivity contribution in [2.24, 2.45) is 0 Å². The molecule has 0 amide bonds. The summed E-state index contributed by atoms with van der Waals surface area (Å²) in [5.74, 6) is -1.63. The number of aliphatic hydroxyl groups is 1. The van der Waals surface area contributed by atoms with E-state index in [1.165, 1.54) is 0 Å². The molecule has 0 bridgehead atoms. The average molecular weight is 223 g/mol. The van der Waals surface area contributed by atoms with Gasteiger partial charge in [0.05, 0.1) is 30.4 Å². The number of ether oxygens (including phenoxy) is 1. The molecule has 1 rings (SSSR count). The number of nitrogens with zero attached hydrogens (tertiary/aromatic N) is 1. The van der Waals surface area contributed by atoms with Crippen LogP contribution in [0.25, 0.3) is 0 Å². The van der Waals surface area contributed by atoms with Crippen molar-refractivity contribution >= 4 is 5.97 Å². The standard InChI is InChI=1S/C11H10FNO3/c1-2-16-11(15)9-3-8(6-14)7(5-13)4-10(9)12/h3-4,14H,2,6H2,1H3. The molecule has 0 spiro atoms. The van der Waals surface area contributed by atoms with Gasteiger partial charge >= 0.3 is 5.97 Å². The van der Waals surface area contributed by atoms with Crippen LogP contribution >= 0.6 is 0 Å². The van der Waals surface area contributed by atoms with Crippen LogP contribution in [0.15, 0.2) is 12.1 Å². The molecule has 5 heteroatoms. The van der Waals surface area contributed by atoms with E-state index in [1.54, 1.807) is 13.0 Å². The fourth-order valence-electron chi connectivity index (χ4n) is 1.22. The molecule has 0 atom stereocenters. The quantitative estimate of drug-likeness (QED) is 0.785. The third-order valence-electron chi connectivity index (χ3n) is 1.98. The molecular formula is C11H10FNO3. The van der Waals surface area contributed by atoms with Gasteiger partial charge in [-0.15, -0.1) is 0 Å². The summed E-state index contributed by atoms with van der Waals surface area (Å²) in [6, 6.07) is 3.78. The van der Waals surface area contributed by atoms with Crippen molar-refractivity contribution in [3.05, 3.63) is 34.6 Å². The zero-order valence-corrected chi connectivity index (χ0v) is 8.66. The van der Waals surface area contributed by atoms with Crippen molar-refractivity contribution in [1.29, 1.82) is 5.26 Å². The average Bonchev–Trinajstić information content (AvgIpc) is 2.28. The molecule has 84 valence electrons. The summed E-state index contributed by atoms with van der Waals surface area (Å²) in [5, 5.41) is 17.6. The van der Waals surface area contributed by atoms with Gasteiger partial charge in [0, 0.05) is 0 Å². The highest BCUT2D eigenvalue weighted by atomic mass is 19.1. The minimum atomic E-state index is -0.827. The summed E-state index contributed by atoms with van der Waals surface area (Å²) in [6.45, 7) is 1.30. The van der Waals surface area contributed by atoms with Gasteiger partial charge in [-0.05, 0) is 24.6 Å². The SMILES string of the molecule is CCOC(=O)c1cc(CO)c(C#N)cc1F. The molecule has 4 nitrogen and oxygen atoms in total. The van der Waals surface area contributed by atoms with Gasteiger partial charge < -0.3 is 9.84 Å². The minimum Gasteiger partial charge on any atom is -0.462 e. The second-order valence-corrected chi connectivity index (χ2v) is 2.98. The molecule has 0 aromatic heterocycles. The lowest BCUT2D eigenvalue weighted by Crippen LogP contribution is -2.09. The Morgan fingerprint density at radius 3 is 2.81 bits per heavy atom. The van der Waals surface area contributed by atoms with E-state index < -0.39 is 18.4 Å². The van der Waals surface area contributed by atoms with Crippen LogP contribution < -0.4 is 0 Å². The van der Waals surface area contributed by atoms with Crippen molar-refractivity contribution in [3.8, 4) is 6.07 Å². The van der Waals surface area contributed by atoms with E-state index in [4.69, 9.17) is 10.4 Å². The molecule has 0 unspecified atom stereocenters. The molecule has 0 saturated heterocycles. The van der Waals surface area contributed by atoms with Crippen LogP contribution in [0.1, 0.15) is 28.4 Å². The number of benzene rings is 1. The number of hydrogen-bond donors (Lipinski definition) is 1. The van der Waals surface area contributed by atoms with Crippen molar-refractivity contribution in [1.82, 2.24) is 0 Å². The van der Waals surface area contributed by atoms with Crippen LogP contribution in [-0.2, 0) is 11.3 Å². The molecule has 0 aliphatic rings. The van der Waals surface area contributed by atoms with Crippen molar-refractivity contribution < 1.29 is 19.0 Å². The van der Waals surface area contributed by atoms with Crippen molar-refractivity contribution in [2.75, 3.05) is 6.61 Å². The number of carbonyl (C=O) groups is 1. The van der Waals surface area contributed by atoms with E-state index in [2.05, 4.69) is 4.74 Å². The van der Waals surface area contributed by atoms with E-state index in [1.807, 2.05) is 0 Å². The lowest BCUT2D eigenvalue weighted by molar-refractivity contribution is 0.0521. The molecule has 1 aromatic rings. The number of halogens is 1. The van der Waals surface area contributed by atoms with E-state index in [0.29, 0.717) is 0 Å². The zero-order valence-electron chi connectivity index (χ0n) is 8.66. The number of hydrogen-bond acceptors (Lipinski definition) is 4. The van der Waals surface area contributed by atoms with Crippen LogP contribution in [0.2, 0.25) is 0 Å². The Morgan fingerprint density at radius 1 is 1.62 bits per heavy atom. The lowest BCUT2D eigenvalue weighted by Gasteiger charge is -2.06. The van der Waals surface area contributed by atoms with Gasteiger partial charge in [-0.2, -0.15) is 5.26 Å². The van der Waals surface area contributed by atoms with E-state index in [9.17, 15) is 9.18 Å². The van der Waals surface area contributed by atoms with Crippen LogP contribution in [0.5, 0.6) is 0 Å². The number of nitriles is 1. The summed E-state index contributed by atoms with van der Waals surface area (Å²) in [5.41, 5.74) is -0.0649. The van der Waals surface area contributed by atoms with Gasteiger partial charge in [0.2, 0.25) is 0 Å². The number of rotatable bonds is 3. The molecule has 0 heterocycles. The largest absolute Gasteiger partial charge is 0.462 e. The maximum atomic E-state index is 13.4. The highest BCUT2D eigenvalue weighted by Gasteiger charge is 2.16. The van der Waals surface area contributed by atoms with Crippen LogP contribution in [0.3, 0.4) is 0 Å². The Labute approximate surface area is 91.9 Å². The zero-order chi connectivity index (χ0) is 12.1. The third-order valence-corrected chi connectivity index (χ3v) is 1.98. The Morgan fingerprint density at radius 2 is 2.31 bits per heavy atom. The first-order chi connectivity index (χ1) is 7.63.